The molecule has 0 unspecified atom stereocenters. The Morgan fingerprint density at radius 1 is 1.33 bits per heavy atom. The number of rotatable bonds is 9. The van der Waals surface area contributed by atoms with Crippen molar-refractivity contribution in [2.24, 2.45) is 5.92 Å². The Morgan fingerprint density at radius 3 is 2.57 bits per heavy atom. The molecule has 0 radical (unpaired) electrons. The topological polar surface area (TPSA) is 90.6 Å². The lowest BCUT2D eigenvalue weighted by molar-refractivity contribution is -0.115. The molecule has 7 nitrogen and oxygen atoms in total. The largest absolute Gasteiger partial charge is 0.496 e. The summed E-state index contributed by atoms with van der Waals surface area (Å²) in [6, 6.07) is 1.77. The van der Waals surface area contributed by atoms with Gasteiger partial charge in [-0.3, -0.25) is 4.79 Å². The Balaban J connectivity index is 2.29. The number of nitrogen functional groups attached to an aromatic ring is 1. The van der Waals surface area contributed by atoms with Crippen LogP contribution in [0.3, 0.4) is 0 Å². The van der Waals surface area contributed by atoms with Crippen LogP contribution < -0.4 is 15.2 Å². The van der Waals surface area contributed by atoms with E-state index in [4.69, 9.17) is 26.8 Å². The number of aryl methyl sites for hydroxylation is 1. The van der Waals surface area contributed by atoms with Gasteiger partial charge in [-0.15, -0.1) is 0 Å². The van der Waals surface area contributed by atoms with Crippen LogP contribution in [0.5, 0.6) is 11.5 Å². The van der Waals surface area contributed by atoms with E-state index in [0.717, 1.165) is 30.4 Å². The van der Waals surface area contributed by atoms with Gasteiger partial charge in [-0.05, 0) is 38.2 Å². The molecule has 3 rings (SSSR count). The van der Waals surface area contributed by atoms with E-state index in [0.29, 0.717) is 52.4 Å². The molecule has 0 saturated heterocycles. The number of aromatic nitrogens is 2. The summed E-state index contributed by atoms with van der Waals surface area (Å²) in [5.41, 5.74) is 9.43. The number of amides is 1. The van der Waals surface area contributed by atoms with Crippen LogP contribution in [-0.2, 0) is 11.2 Å². The van der Waals surface area contributed by atoms with E-state index in [1.165, 1.54) is 0 Å². The number of ether oxygens (including phenoxy) is 2. The average Bonchev–Trinajstić information content (AvgIpc) is 3.56. The molecule has 1 aliphatic rings. The third-order valence-electron chi connectivity index (χ3n) is 5.26. The number of benzene rings is 1. The molecule has 1 amide bonds. The first-order valence-electron chi connectivity index (χ1n) is 9.89. The van der Waals surface area contributed by atoms with Gasteiger partial charge in [0.2, 0.25) is 12.4 Å². The predicted molar refractivity (Wildman–Crippen MR) is 118 cm³/mol. The molecule has 8 heteroatoms. The van der Waals surface area contributed by atoms with Crippen LogP contribution in [0.2, 0.25) is 5.02 Å². The number of hydrogen-bond donors (Lipinski definition) is 1. The number of carbonyl (C=O) groups is 1. The van der Waals surface area contributed by atoms with Gasteiger partial charge in [-0.25, -0.2) is 9.97 Å². The van der Waals surface area contributed by atoms with Crippen molar-refractivity contribution >= 4 is 35.7 Å². The van der Waals surface area contributed by atoms with Crippen LogP contribution in [0.1, 0.15) is 42.1 Å². The molecule has 1 fully saturated rings. The van der Waals surface area contributed by atoms with Gasteiger partial charge >= 0.3 is 0 Å². The maximum absolute atomic E-state index is 12.2. The van der Waals surface area contributed by atoms with Crippen LogP contribution in [0.4, 0.5) is 5.95 Å². The smallest absolute Gasteiger partial charge is 0.220 e. The minimum Gasteiger partial charge on any atom is -0.496 e. The first kappa shape index (κ1) is 21.9. The highest BCUT2D eigenvalue weighted by molar-refractivity contribution is 6.34. The molecule has 30 heavy (non-hydrogen) atoms. The van der Waals surface area contributed by atoms with Crippen molar-refractivity contribution in [1.82, 2.24) is 14.9 Å². The first-order chi connectivity index (χ1) is 14.4. The minimum absolute atomic E-state index is 0.201. The fraction of sp³-hybridized carbons (Fsp3) is 0.409. The molecule has 1 aromatic carbocycles. The zero-order valence-corrected chi connectivity index (χ0v) is 18.5. The molecule has 0 spiro atoms. The molecular formula is C22H27ClN4O3. The monoisotopic (exact) mass is 430 g/mol. The van der Waals surface area contributed by atoms with Crippen LogP contribution >= 0.6 is 11.6 Å². The summed E-state index contributed by atoms with van der Waals surface area (Å²) in [5, 5.41) is 0.429. The van der Waals surface area contributed by atoms with Gasteiger partial charge < -0.3 is 20.1 Å². The van der Waals surface area contributed by atoms with Gasteiger partial charge in [-0.1, -0.05) is 18.5 Å². The maximum atomic E-state index is 12.2. The second-order valence-corrected chi connectivity index (χ2v) is 7.68. The van der Waals surface area contributed by atoms with Gasteiger partial charge in [-0.2, -0.15) is 0 Å². The Morgan fingerprint density at radius 2 is 2.03 bits per heavy atom. The fourth-order valence-electron chi connectivity index (χ4n) is 3.46. The van der Waals surface area contributed by atoms with E-state index in [2.05, 4.69) is 9.97 Å². The zero-order chi connectivity index (χ0) is 21.8. The summed E-state index contributed by atoms with van der Waals surface area (Å²) >= 11 is 6.79. The van der Waals surface area contributed by atoms with Crippen molar-refractivity contribution in [2.45, 2.75) is 33.1 Å². The molecule has 1 heterocycles. The summed E-state index contributed by atoms with van der Waals surface area (Å²) in [5.74, 6) is 1.82. The number of hydrogen-bond acceptors (Lipinski definition) is 6. The van der Waals surface area contributed by atoms with Crippen molar-refractivity contribution in [1.29, 1.82) is 0 Å². The van der Waals surface area contributed by atoms with Crippen molar-refractivity contribution in [3.8, 4) is 11.5 Å². The number of halogens is 1. The highest BCUT2D eigenvalue weighted by atomic mass is 35.5. The van der Waals surface area contributed by atoms with Crippen LogP contribution in [0, 0.1) is 12.8 Å². The molecule has 0 bridgehead atoms. The third kappa shape index (κ3) is 4.51. The SMILES string of the molecule is CCc1c(OC)cc(OC)c(Cl)c1/C(=C/c1cnc(N)nc1C)N(C=O)CC1CC1. The molecule has 2 N–H and O–H groups in total. The summed E-state index contributed by atoms with van der Waals surface area (Å²) < 4.78 is 11.1. The van der Waals surface area contributed by atoms with E-state index in [-0.39, 0.29) is 5.95 Å². The normalized spacial score (nSPS) is 13.8. The Kier molecular flexibility index (Phi) is 6.82. The standard InChI is InChI=1S/C22H27ClN4O3/c1-5-16-18(29-3)9-19(30-4)21(23)20(16)17(27(12-28)11-14-6-7-14)8-15-10-25-22(24)26-13(15)2/h8-10,12,14H,5-7,11H2,1-4H3,(H2,24,25,26)/b17-8-. The third-order valence-corrected chi connectivity index (χ3v) is 5.64. The molecule has 1 aromatic heterocycles. The van der Waals surface area contributed by atoms with E-state index >= 15 is 0 Å². The summed E-state index contributed by atoms with van der Waals surface area (Å²) in [4.78, 5) is 22.2. The lowest BCUT2D eigenvalue weighted by Gasteiger charge is -2.26. The molecule has 0 aliphatic heterocycles. The average molecular weight is 431 g/mol. The van der Waals surface area contributed by atoms with Crippen molar-refractivity contribution in [3.05, 3.63) is 39.7 Å². The minimum atomic E-state index is 0.201. The second kappa shape index (κ2) is 9.34. The molecule has 0 atom stereocenters. The maximum Gasteiger partial charge on any atom is 0.220 e. The summed E-state index contributed by atoms with van der Waals surface area (Å²) in [7, 11) is 3.16. The van der Waals surface area contributed by atoms with Gasteiger partial charge in [0.25, 0.3) is 0 Å². The summed E-state index contributed by atoms with van der Waals surface area (Å²) in [6.45, 7) is 4.48. The highest BCUT2D eigenvalue weighted by Gasteiger charge is 2.29. The quantitative estimate of drug-likeness (QED) is 0.605. The number of anilines is 1. The number of methoxy groups -OCH3 is 2. The van der Waals surface area contributed by atoms with E-state index in [9.17, 15) is 4.79 Å². The Labute approximate surface area is 181 Å². The van der Waals surface area contributed by atoms with Crippen LogP contribution in [0.15, 0.2) is 12.3 Å². The van der Waals surface area contributed by atoms with Crippen molar-refractivity contribution in [3.63, 3.8) is 0 Å². The number of nitrogens with two attached hydrogens (primary N) is 1. The highest BCUT2D eigenvalue weighted by Crippen LogP contribution is 2.43. The lowest BCUT2D eigenvalue weighted by atomic mass is 9.97. The van der Waals surface area contributed by atoms with Crippen LogP contribution in [-0.4, -0.2) is 42.0 Å². The van der Waals surface area contributed by atoms with Gasteiger partial charge in [0.05, 0.1) is 30.6 Å². The van der Waals surface area contributed by atoms with Crippen molar-refractivity contribution < 1.29 is 14.3 Å². The second-order valence-electron chi connectivity index (χ2n) is 7.30. The first-order valence-corrected chi connectivity index (χ1v) is 10.3. The molecular weight excluding hydrogens is 404 g/mol. The van der Waals surface area contributed by atoms with E-state index in [1.807, 2.05) is 19.9 Å². The number of nitrogens with zero attached hydrogens (tertiary/aromatic N) is 3. The van der Waals surface area contributed by atoms with Gasteiger partial charge in [0.15, 0.2) is 0 Å². The molecule has 1 saturated carbocycles. The molecule has 1 aliphatic carbocycles. The van der Waals surface area contributed by atoms with Gasteiger partial charge in [0, 0.05) is 35.5 Å². The molecule has 2 aromatic rings. The fourth-order valence-corrected chi connectivity index (χ4v) is 3.80. The predicted octanol–water partition coefficient (Wildman–Crippen LogP) is 3.97. The van der Waals surface area contributed by atoms with E-state index in [1.54, 1.807) is 31.4 Å². The number of carbonyl (C=O) groups excluding carboxylic acids is 1. The zero-order valence-electron chi connectivity index (χ0n) is 17.7. The van der Waals surface area contributed by atoms with Crippen molar-refractivity contribution in [2.75, 3.05) is 26.5 Å². The summed E-state index contributed by atoms with van der Waals surface area (Å²) in [6.07, 6.45) is 7.25. The Hall–Kier alpha value is -2.80. The Bertz CT molecular complexity index is 973. The van der Waals surface area contributed by atoms with E-state index < -0.39 is 0 Å². The van der Waals surface area contributed by atoms with Gasteiger partial charge in [0.1, 0.15) is 11.5 Å². The van der Waals surface area contributed by atoms with Crippen LogP contribution in [0.25, 0.3) is 11.8 Å². The molecule has 160 valence electrons. The lowest BCUT2D eigenvalue weighted by Crippen LogP contribution is -2.24.